The van der Waals surface area contributed by atoms with Gasteiger partial charge in [-0.05, 0) is 30.4 Å². The van der Waals surface area contributed by atoms with Crippen molar-refractivity contribution in [1.82, 2.24) is 0 Å². The van der Waals surface area contributed by atoms with E-state index in [0.717, 1.165) is 62.5 Å². The molecule has 0 radical (unpaired) electrons. The first-order valence-electron chi connectivity index (χ1n) is 11.5. The van der Waals surface area contributed by atoms with Gasteiger partial charge in [-0.3, -0.25) is 4.79 Å². The maximum absolute atomic E-state index is 10.7. The zero-order valence-electron chi connectivity index (χ0n) is 18.2. The van der Waals surface area contributed by atoms with Crippen LogP contribution in [0.5, 0.6) is 0 Å². The van der Waals surface area contributed by atoms with Crippen LogP contribution >= 0.6 is 0 Å². The average molecular weight is 416 g/mol. The molecule has 5 atom stereocenters. The molecule has 1 aromatic carbocycles. The van der Waals surface area contributed by atoms with Crippen molar-refractivity contribution in [3.63, 3.8) is 0 Å². The predicted molar refractivity (Wildman–Crippen MR) is 118 cm³/mol. The zero-order chi connectivity index (χ0) is 21.9. The maximum atomic E-state index is 10.7. The topological polar surface area (TPSA) is 82.1 Å². The Kier molecular flexibility index (Phi) is 10.3. The van der Waals surface area contributed by atoms with E-state index < -0.39 is 18.2 Å². The highest BCUT2D eigenvalue weighted by atomic mass is 16.4. The molecule has 166 valence electrons. The van der Waals surface area contributed by atoms with Crippen molar-refractivity contribution >= 4 is 5.97 Å². The van der Waals surface area contributed by atoms with Gasteiger partial charge in [-0.25, -0.2) is 6.57 Å². The van der Waals surface area contributed by atoms with E-state index in [-0.39, 0.29) is 24.3 Å². The van der Waals surface area contributed by atoms with E-state index in [1.165, 1.54) is 0 Å². The van der Waals surface area contributed by atoms with Gasteiger partial charge in [0.15, 0.2) is 0 Å². The Morgan fingerprint density at radius 3 is 2.47 bits per heavy atom. The van der Waals surface area contributed by atoms with Crippen molar-refractivity contribution < 1.29 is 20.1 Å². The fraction of sp³-hybridized carbons (Fsp3) is 0.680. The maximum Gasteiger partial charge on any atom is 0.303 e. The average Bonchev–Trinajstić information content (AvgIpc) is 3.05. The molecule has 3 unspecified atom stereocenters. The molecule has 0 saturated heterocycles. The van der Waals surface area contributed by atoms with E-state index in [1.54, 1.807) is 0 Å². The number of unbranched alkanes of at least 4 members (excludes halogenated alkanes) is 5. The Labute approximate surface area is 181 Å². The number of hydrogen-bond acceptors (Lipinski definition) is 3. The molecule has 1 aliphatic rings. The highest BCUT2D eigenvalue weighted by molar-refractivity contribution is 5.66. The Bertz CT molecular complexity index is 681. The Balaban J connectivity index is 1.96. The first-order chi connectivity index (χ1) is 14.5. The second-order valence-corrected chi connectivity index (χ2v) is 8.71. The van der Waals surface area contributed by atoms with Crippen LogP contribution < -0.4 is 0 Å². The summed E-state index contributed by atoms with van der Waals surface area (Å²) < 4.78 is 0. The molecule has 1 fully saturated rings. The lowest BCUT2D eigenvalue weighted by atomic mass is 9.82. The minimum Gasteiger partial charge on any atom is -0.481 e. The Morgan fingerprint density at radius 1 is 1.13 bits per heavy atom. The van der Waals surface area contributed by atoms with Crippen LogP contribution in [0.2, 0.25) is 0 Å². The molecule has 0 aliphatic heterocycles. The molecule has 3 N–H and O–H groups in total. The quantitative estimate of drug-likeness (QED) is 0.294. The third-order valence-electron chi connectivity index (χ3n) is 6.48. The van der Waals surface area contributed by atoms with Crippen molar-refractivity contribution in [1.29, 1.82) is 0 Å². The van der Waals surface area contributed by atoms with Crippen molar-refractivity contribution in [2.24, 2.45) is 5.92 Å². The molecule has 2 rings (SSSR count). The van der Waals surface area contributed by atoms with E-state index in [1.807, 2.05) is 24.3 Å². The molecule has 30 heavy (non-hydrogen) atoms. The molecule has 0 amide bonds. The summed E-state index contributed by atoms with van der Waals surface area (Å²) in [7, 11) is 0. The number of aliphatic hydroxyl groups is 2. The molecule has 0 heterocycles. The molecule has 5 heteroatoms. The minimum atomic E-state index is -0.749. The molecule has 1 aromatic rings. The van der Waals surface area contributed by atoms with Crippen LogP contribution in [-0.2, 0) is 4.79 Å². The molecule has 0 spiro atoms. The van der Waals surface area contributed by atoms with Gasteiger partial charge in [-0.1, -0.05) is 69.7 Å². The third kappa shape index (κ3) is 7.11. The Hall–Kier alpha value is -1.90. The predicted octanol–water partition coefficient (Wildman–Crippen LogP) is 5.48. The number of aliphatic carboxylic acids is 1. The lowest BCUT2D eigenvalue weighted by Gasteiger charge is -2.22. The van der Waals surface area contributed by atoms with Crippen molar-refractivity contribution in [2.75, 3.05) is 0 Å². The van der Waals surface area contributed by atoms with Crippen LogP contribution in [0.4, 0.5) is 0 Å². The molecule has 0 aromatic heterocycles. The van der Waals surface area contributed by atoms with Gasteiger partial charge in [-0.15, -0.1) is 0 Å². The highest BCUT2D eigenvalue weighted by Gasteiger charge is 2.46. The fourth-order valence-corrected chi connectivity index (χ4v) is 4.79. The van der Waals surface area contributed by atoms with Gasteiger partial charge in [0.05, 0.1) is 12.2 Å². The van der Waals surface area contributed by atoms with E-state index in [2.05, 4.69) is 11.8 Å². The minimum absolute atomic E-state index is 0.0468. The van der Waals surface area contributed by atoms with Crippen molar-refractivity contribution in [2.45, 2.75) is 102 Å². The van der Waals surface area contributed by atoms with Crippen LogP contribution in [0.1, 0.15) is 101 Å². The first-order valence-corrected chi connectivity index (χ1v) is 11.5. The SMILES string of the molecule is [C-]#[N+][C@@H]1C[C@@H](O)C(c2ccc(C(O)CCCCC)cc2)C1CCCCCCC(=O)O. The number of carboxylic acids is 1. The summed E-state index contributed by atoms with van der Waals surface area (Å²) in [6.45, 7) is 9.70. The number of carbonyl (C=O) groups is 1. The summed E-state index contributed by atoms with van der Waals surface area (Å²) in [6.07, 6.45) is 8.18. The van der Waals surface area contributed by atoms with E-state index >= 15 is 0 Å². The molecular formula is C25H37NO4. The van der Waals surface area contributed by atoms with Crippen LogP contribution in [-0.4, -0.2) is 33.4 Å². The smallest absolute Gasteiger partial charge is 0.303 e. The van der Waals surface area contributed by atoms with E-state index in [9.17, 15) is 15.0 Å². The number of rotatable bonds is 13. The van der Waals surface area contributed by atoms with E-state index in [0.29, 0.717) is 12.8 Å². The second kappa shape index (κ2) is 12.7. The van der Waals surface area contributed by atoms with Gasteiger partial charge in [0.1, 0.15) is 0 Å². The van der Waals surface area contributed by atoms with Crippen molar-refractivity contribution in [3.8, 4) is 0 Å². The number of hydrogen-bond donors (Lipinski definition) is 3. The van der Waals surface area contributed by atoms with Gasteiger partial charge < -0.3 is 20.2 Å². The molecular weight excluding hydrogens is 378 g/mol. The largest absolute Gasteiger partial charge is 0.481 e. The van der Waals surface area contributed by atoms with Crippen LogP contribution in [0.15, 0.2) is 24.3 Å². The molecule has 0 bridgehead atoms. The van der Waals surface area contributed by atoms with Crippen LogP contribution in [0.3, 0.4) is 0 Å². The van der Waals surface area contributed by atoms with E-state index in [4.69, 9.17) is 11.7 Å². The molecule has 1 saturated carbocycles. The van der Waals surface area contributed by atoms with Gasteiger partial charge in [0.25, 0.3) is 0 Å². The standard InChI is InChI=1S/C25H37NO4/c1-3-4-7-11-22(27)18-13-15-19(16-14-18)25-20(21(26-2)17-23(25)28)10-8-5-6-9-12-24(29)30/h13-16,20-23,25,27-28H,3-12,17H2,1H3,(H,29,30)/t20?,21-,22?,23-,25?/m1/s1. The Morgan fingerprint density at radius 2 is 1.83 bits per heavy atom. The summed E-state index contributed by atoms with van der Waals surface area (Å²) in [5.74, 6) is -0.673. The number of benzene rings is 1. The third-order valence-corrected chi connectivity index (χ3v) is 6.48. The lowest BCUT2D eigenvalue weighted by Crippen LogP contribution is -2.19. The van der Waals surface area contributed by atoms with Gasteiger partial charge in [0, 0.05) is 24.7 Å². The fourth-order valence-electron chi connectivity index (χ4n) is 4.79. The number of carboxylic acid groups (broad SMARTS) is 1. The molecule has 5 nitrogen and oxygen atoms in total. The first kappa shape index (κ1) is 24.4. The number of nitrogens with zero attached hydrogens (tertiary/aromatic N) is 1. The molecule has 1 aliphatic carbocycles. The number of aliphatic hydroxyl groups excluding tert-OH is 2. The summed E-state index contributed by atoms with van der Waals surface area (Å²) in [4.78, 5) is 14.4. The van der Waals surface area contributed by atoms with Crippen molar-refractivity contribution in [3.05, 3.63) is 46.8 Å². The summed E-state index contributed by atoms with van der Waals surface area (Å²) in [5.41, 5.74) is 1.97. The van der Waals surface area contributed by atoms with Crippen LogP contribution in [0.25, 0.3) is 4.85 Å². The summed E-state index contributed by atoms with van der Waals surface area (Å²) >= 11 is 0. The summed E-state index contributed by atoms with van der Waals surface area (Å²) in [6, 6.07) is 7.79. The second-order valence-electron chi connectivity index (χ2n) is 8.71. The highest BCUT2D eigenvalue weighted by Crippen LogP contribution is 2.44. The monoisotopic (exact) mass is 415 g/mol. The summed E-state index contributed by atoms with van der Waals surface area (Å²) in [5, 5.41) is 29.8. The normalized spacial score (nSPS) is 24.5. The van der Waals surface area contributed by atoms with Gasteiger partial charge >= 0.3 is 5.97 Å². The van der Waals surface area contributed by atoms with Crippen LogP contribution in [0, 0.1) is 12.5 Å². The lowest BCUT2D eigenvalue weighted by molar-refractivity contribution is -0.137. The zero-order valence-corrected chi connectivity index (χ0v) is 18.2. The van der Waals surface area contributed by atoms with Gasteiger partial charge in [0.2, 0.25) is 6.04 Å². The van der Waals surface area contributed by atoms with Gasteiger partial charge in [-0.2, -0.15) is 0 Å².